The van der Waals surface area contributed by atoms with Crippen molar-refractivity contribution < 1.29 is 24.2 Å². The summed E-state index contributed by atoms with van der Waals surface area (Å²) in [5, 5.41) is 11.8. The smallest absolute Gasteiger partial charge is 0.407 e. The first-order chi connectivity index (χ1) is 15.1. The molecule has 0 aromatic heterocycles. The minimum Gasteiger partial charge on any atom is -0.480 e. The van der Waals surface area contributed by atoms with Gasteiger partial charge in [-0.25, -0.2) is 9.59 Å². The maximum atomic E-state index is 12.2. The Morgan fingerprint density at radius 1 is 1.06 bits per heavy atom. The third-order valence-electron chi connectivity index (χ3n) is 5.79. The maximum absolute atomic E-state index is 12.2. The van der Waals surface area contributed by atoms with Gasteiger partial charge in [-0.15, -0.1) is 0 Å². The number of likely N-dealkylation sites (tertiary alicyclic amines) is 1. The van der Waals surface area contributed by atoms with E-state index in [1.807, 2.05) is 24.3 Å². The van der Waals surface area contributed by atoms with E-state index in [0.717, 1.165) is 22.3 Å². The summed E-state index contributed by atoms with van der Waals surface area (Å²) in [7, 11) is 0. The van der Waals surface area contributed by atoms with Gasteiger partial charge in [0.25, 0.3) is 0 Å². The summed E-state index contributed by atoms with van der Waals surface area (Å²) < 4.78 is 5.44. The van der Waals surface area contributed by atoms with Gasteiger partial charge in [-0.05, 0) is 35.1 Å². The SMILES string of the molecule is O=C(NC/C=C/C(=O)N1CCC[C@H]1C(=O)O)OCC1c2ccccc2-c2ccccc21. The van der Waals surface area contributed by atoms with Crippen LogP contribution < -0.4 is 5.32 Å². The summed E-state index contributed by atoms with van der Waals surface area (Å²) in [4.78, 5) is 36.8. The Labute approximate surface area is 180 Å². The molecular weight excluding hydrogens is 396 g/mol. The zero-order valence-electron chi connectivity index (χ0n) is 17.0. The molecule has 4 rings (SSSR count). The summed E-state index contributed by atoms with van der Waals surface area (Å²) in [5.41, 5.74) is 4.60. The molecule has 7 heteroatoms. The van der Waals surface area contributed by atoms with Gasteiger partial charge in [0.15, 0.2) is 0 Å². The highest BCUT2D eigenvalue weighted by atomic mass is 16.5. The second kappa shape index (κ2) is 9.04. The average Bonchev–Trinajstić information content (AvgIpc) is 3.39. The number of hydrogen-bond donors (Lipinski definition) is 2. The number of rotatable bonds is 6. The third kappa shape index (κ3) is 4.30. The molecule has 2 amide bonds. The fourth-order valence-corrected chi connectivity index (χ4v) is 4.33. The molecule has 1 aliphatic carbocycles. The lowest BCUT2D eigenvalue weighted by Crippen LogP contribution is -2.39. The number of carbonyl (C=O) groups excluding carboxylic acids is 2. The number of aliphatic carboxylic acids is 1. The first kappa shape index (κ1) is 20.7. The van der Waals surface area contributed by atoms with Gasteiger partial charge in [0.05, 0.1) is 0 Å². The van der Waals surface area contributed by atoms with E-state index in [0.29, 0.717) is 19.4 Å². The standard InChI is InChI=1S/C24H24N2O5/c27-22(26-14-6-11-21(26)23(28)29)12-5-13-25-24(30)31-15-20-18-9-3-1-7-16(18)17-8-2-4-10-19(17)20/h1-5,7-10,12,20-21H,6,11,13-15H2,(H,25,30)(H,28,29)/b12-5+/t21-/m0/s1. The Balaban J connectivity index is 1.28. The average molecular weight is 420 g/mol. The van der Waals surface area contributed by atoms with Crippen molar-refractivity contribution in [2.75, 3.05) is 19.7 Å². The molecule has 0 bridgehead atoms. The Morgan fingerprint density at radius 2 is 1.71 bits per heavy atom. The topological polar surface area (TPSA) is 95.9 Å². The third-order valence-corrected chi connectivity index (χ3v) is 5.79. The lowest BCUT2D eigenvalue weighted by atomic mass is 9.98. The van der Waals surface area contributed by atoms with Gasteiger partial charge in [0.2, 0.25) is 5.91 Å². The fourth-order valence-electron chi connectivity index (χ4n) is 4.33. The molecular formula is C24H24N2O5. The van der Waals surface area contributed by atoms with Crippen LogP contribution in [0.4, 0.5) is 4.79 Å². The normalized spacial score (nSPS) is 17.4. The molecule has 2 aliphatic rings. The highest BCUT2D eigenvalue weighted by molar-refractivity contribution is 5.91. The number of hydrogen-bond acceptors (Lipinski definition) is 4. The van der Waals surface area contributed by atoms with Gasteiger partial charge in [0.1, 0.15) is 12.6 Å². The van der Waals surface area contributed by atoms with Gasteiger partial charge in [-0.2, -0.15) is 0 Å². The van der Waals surface area contributed by atoms with Crippen LogP contribution in [0.3, 0.4) is 0 Å². The van der Waals surface area contributed by atoms with Crippen molar-refractivity contribution in [2.24, 2.45) is 0 Å². The number of fused-ring (bicyclic) bond motifs is 3. The van der Waals surface area contributed by atoms with Gasteiger partial charge in [0, 0.05) is 25.1 Å². The van der Waals surface area contributed by atoms with Gasteiger partial charge < -0.3 is 20.1 Å². The van der Waals surface area contributed by atoms with E-state index in [1.165, 1.54) is 17.1 Å². The molecule has 1 aliphatic heterocycles. The number of alkyl carbamates (subject to hydrolysis) is 1. The molecule has 2 aromatic rings. The van der Waals surface area contributed by atoms with E-state index in [9.17, 15) is 14.4 Å². The molecule has 0 unspecified atom stereocenters. The first-order valence-corrected chi connectivity index (χ1v) is 10.3. The number of nitrogens with one attached hydrogen (secondary N) is 1. The maximum Gasteiger partial charge on any atom is 0.407 e. The van der Waals surface area contributed by atoms with Crippen LogP contribution in [-0.4, -0.2) is 53.7 Å². The van der Waals surface area contributed by atoms with E-state index < -0.39 is 18.1 Å². The summed E-state index contributed by atoms with van der Waals surface area (Å²) in [6.45, 7) is 0.768. The summed E-state index contributed by atoms with van der Waals surface area (Å²) in [6, 6.07) is 15.4. The second-order valence-corrected chi connectivity index (χ2v) is 7.64. The Bertz CT molecular complexity index is 987. The van der Waals surface area contributed by atoms with Crippen molar-refractivity contribution in [3.63, 3.8) is 0 Å². The zero-order valence-corrected chi connectivity index (χ0v) is 17.0. The van der Waals surface area contributed by atoms with Crippen LogP contribution in [-0.2, 0) is 14.3 Å². The van der Waals surface area contributed by atoms with E-state index >= 15 is 0 Å². The van der Waals surface area contributed by atoms with E-state index in [-0.39, 0.29) is 25.0 Å². The predicted molar refractivity (Wildman–Crippen MR) is 115 cm³/mol. The number of carboxylic acids is 1. The highest BCUT2D eigenvalue weighted by Gasteiger charge is 2.32. The molecule has 1 heterocycles. The van der Waals surface area contributed by atoms with Crippen molar-refractivity contribution in [3.8, 4) is 11.1 Å². The monoisotopic (exact) mass is 420 g/mol. The fraction of sp³-hybridized carbons (Fsp3) is 0.292. The second-order valence-electron chi connectivity index (χ2n) is 7.64. The minimum absolute atomic E-state index is 0.0154. The largest absolute Gasteiger partial charge is 0.480 e. The summed E-state index contributed by atoms with van der Waals surface area (Å²) in [6.07, 6.45) is 3.37. The lowest BCUT2D eigenvalue weighted by molar-refractivity contribution is -0.146. The van der Waals surface area contributed by atoms with Crippen molar-refractivity contribution in [1.82, 2.24) is 10.2 Å². The predicted octanol–water partition coefficient (Wildman–Crippen LogP) is 3.16. The van der Waals surface area contributed by atoms with Crippen molar-refractivity contribution in [1.29, 1.82) is 0 Å². The van der Waals surface area contributed by atoms with Gasteiger partial charge in [-0.3, -0.25) is 4.79 Å². The number of benzene rings is 2. The Kier molecular flexibility index (Phi) is 6.02. The first-order valence-electron chi connectivity index (χ1n) is 10.3. The molecule has 0 spiro atoms. The molecule has 2 aromatic carbocycles. The molecule has 7 nitrogen and oxygen atoms in total. The Morgan fingerprint density at radius 3 is 2.35 bits per heavy atom. The summed E-state index contributed by atoms with van der Waals surface area (Å²) >= 11 is 0. The molecule has 2 N–H and O–H groups in total. The highest BCUT2D eigenvalue weighted by Crippen LogP contribution is 2.44. The minimum atomic E-state index is -0.990. The molecule has 1 saturated heterocycles. The van der Waals surface area contributed by atoms with E-state index in [1.54, 1.807) is 0 Å². The zero-order chi connectivity index (χ0) is 21.8. The number of carboxylic acid groups (broad SMARTS) is 1. The van der Waals surface area contributed by atoms with E-state index in [2.05, 4.69) is 29.6 Å². The van der Waals surface area contributed by atoms with Crippen LogP contribution >= 0.6 is 0 Å². The lowest BCUT2D eigenvalue weighted by Gasteiger charge is -2.19. The number of ether oxygens (including phenoxy) is 1. The van der Waals surface area contributed by atoms with Crippen molar-refractivity contribution >= 4 is 18.0 Å². The number of nitrogens with zero attached hydrogens (tertiary/aromatic N) is 1. The molecule has 31 heavy (non-hydrogen) atoms. The number of amides is 2. The number of carbonyl (C=O) groups is 3. The van der Waals surface area contributed by atoms with Crippen molar-refractivity contribution in [2.45, 2.75) is 24.8 Å². The Hall–Kier alpha value is -3.61. The van der Waals surface area contributed by atoms with Crippen LogP contribution in [0.1, 0.15) is 29.9 Å². The molecule has 0 saturated carbocycles. The molecule has 1 fully saturated rings. The van der Waals surface area contributed by atoms with Crippen LogP contribution in [0.25, 0.3) is 11.1 Å². The van der Waals surface area contributed by atoms with Crippen LogP contribution in [0.15, 0.2) is 60.7 Å². The molecule has 1 atom stereocenters. The van der Waals surface area contributed by atoms with Crippen LogP contribution in [0.5, 0.6) is 0 Å². The molecule has 0 radical (unpaired) electrons. The summed E-state index contributed by atoms with van der Waals surface area (Å²) in [5.74, 6) is -1.37. The quantitative estimate of drug-likeness (QED) is 0.700. The van der Waals surface area contributed by atoms with Gasteiger partial charge >= 0.3 is 12.1 Å². The molecule has 160 valence electrons. The van der Waals surface area contributed by atoms with Gasteiger partial charge in [-0.1, -0.05) is 54.6 Å². The van der Waals surface area contributed by atoms with Crippen molar-refractivity contribution in [3.05, 3.63) is 71.8 Å². The van der Waals surface area contributed by atoms with Crippen LogP contribution in [0, 0.1) is 0 Å². The van der Waals surface area contributed by atoms with Crippen LogP contribution in [0.2, 0.25) is 0 Å². The van der Waals surface area contributed by atoms with E-state index in [4.69, 9.17) is 9.84 Å².